The van der Waals surface area contributed by atoms with E-state index in [1.54, 1.807) is 10.9 Å². The Balaban J connectivity index is 1.66. The first-order chi connectivity index (χ1) is 13.6. The monoisotopic (exact) mass is 376 g/mol. The van der Waals surface area contributed by atoms with Gasteiger partial charge in [0.1, 0.15) is 11.3 Å². The fourth-order valence-electron chi connectivity index (χ4n) is 3.12. The molecule has 0 radical (unpaired) electrons. The molecule has 1 atom stereocenters. The van der Waals surface area contributed by atoms with E-state index in [2.05, 4.69) is 5.10 Å². The van der Waals surface area contributed by atoms with E-state index >= 15 is 0 Å². The summed E-state index contributed by atoms with van der Waals surface area (Å²) in [5.74, 6) is -1.07. The first-order valence-electron chi connectivity index (χ1n) is 9.16. The molecule has 1 aliphatic heterocycles. The highest BCUT2D eigenvalue weighted by Crippen LogP contribution is 2.25. The average Bonchev–Trinajstić information content (AvgIpc) is 3.30. The number of aromatic nitrogens is 2. The molecule has 0 aliphatic carbocycles. The lowest BCUT2D eigenvalue weighted by atomic mass is 10.1. The average molecular weight is 376 g/mol. The van der Waals surface area contributed by atoms with Crippen molar-refractivity contribution in [1.82, 2.24) is 9.78 Å². The molecule has 0 amide bonds. The van der Waals surface area contributed by atoms with Crippen molar-refractivity contribution < 1.29 is 19.1 Å². The van der Waals surface area contributed by atoms with E-state index in [0.29, 0.717) is 24.2 Å². The third kappa shape index (κ3) is 3.81. The van der Waals surface area contributed by atoms with Crippen molar-refractivity contribution in [2.45, 2.75) is 26.0 Å². The normalized spacial score (nSPS) is 16.0. The molecule has 1 aliphatic rings. The van der Waals surface area contributed by atoms with Crippen molar-refractivity contribution >= 4 is 11.9 Å². The molecule has 3 aromatic rings. The molecule has 28 heavy (non-hydrogen) atoms. The van der Waals surface area contributed by atoms with Crippen LogP contribution >= 0.6 is 0 Å². The number of carbonyl (C=O) groups is 2. The van der Waals surface area contributed by atoms with Crippen LogP contribution in [0.15, 0.2) is 60.8 Å². The van der Waals surface area contributed by atoms with Crippen LogP contribution in [-0.4, -0.2) is 34.4 Å². The number of ether oxygens (including phenoxy) is 2. The number of nitrogens with zero attached hydrogens (tertiary/aromatic N) is 2. The van der Waals surface area contributed by atoms with E-state index in [1.807, 2.05) is 61.5 Å². The fraction of sp³-hybridized carbons (Fsp3) is 0.227. The van der Waals surface area contributed by atoms with Gasteiger partial charge in [0.2, 0.25) is 6.10 Å². The lowest BCUT2D eigenvalue weighted by Crippen LogP contribution is -2.22. The summed E-state index contributed by atoms with van der Waals surface area (Å²) in [4.78, 5) is 24.4. The van der Waals surface area contributed by atoms with Gasteiger partial charge in [-0.2, -0.15) is 5.10 Å². The maximum absolute atomic E-state index is 12.8. The van der Waals surface area contributed by atoms with Crippen LogP contribution in [0, 0.1) is 6.92 Å². The zero-order valence-electron chi connectivity index (χ0n) is 15.5. The van der Waals surface area contributed by atoms with E-state index in [4.69, 9.17) is 9.47 Å². The topological polar surface area (TPSA) is 70.4 Å². The smallest absolute Gasteiger partial charge is 0.347 e. The van der Waals surface area contributed by atoms with E-state index in [9.17, 15) is 9.59 Å². The molecule has 1 fully saturated rings. The number of benzene rings is 2. The quantitative estimate of drug-likeness (QED) is 0.639. The lowest BCUT2D eigenvalue weighted by molar-refractivity contribution is -0.145. The van der Waals surface area contributed by atoms with Gasteiger partial charge in [-0.25, -0.2) is 9.59 Å². The van der Waals surface area contributed by atoms with Crippen molar-refractivity contribution in [3.63, 3.8) is 0 Å². The molecule has 0 N–H and O–H groups in total. The molecule has 0 saturated carbocycles. The second kappa shape index (κ2) is 7.68. The maximum Gasteiger partial charge on any atom is 0.347 e. The Bertz CT molecular complexity index is 993. The van der Waals surface area contributed by atoms with Crippen LogP contribution in [0.5, 0.6) is 0 Å². The van der Waals surface area contributed by atoms with Crippen molar-refractivity contribution in [2.24, 2.45) is 0 Å². The van der Waals surface area contributed by atoms with E-state index < -0.39 is 18.0 Å². The SMILES string of the molecule is Cc1ccc(-c2nn(Cc3ccccc3)cc2C(=O)O[C@@H]2CCOC2=O)cc1. The lowest BCUT2D eigenvalue weighted by Gasteiger charge is -2.08. The van der Waals surface area contributed by atoms with Gasteiger partial charge in [-0.3, -0.25) is 4.68 Å². The molecule has 0 unspecified atom stereocenters. The third-order valence-electron chi connectivity index (χ3n) is 4.63. The second-order valence-electron chi connectivity index (χ2n) is 6.79. The molecule has 0 bridgehead atoms. The van der Waals surface area contributed by atoms with Crippen molar-refractivity contribution in [1.29, 1.82) is 0 Å². The summed E-state index contributed by atoms with van der Waals surface area (Å²) < 4.78 is 12.0. The summed E-state index contributed by atoms with van der Waals surface area (Å²) >= 11 is 0. The van der Waals surface area contributed by atoms with Gasteiger partial charge in [0, 0.05) is 18.2 Å². The number of cyclic esters (lactones) is 1. The van der Waals surface area contributed by atoms with Crippen LogP contribution in [0.1, 0.15) is 27.9 Å². The van der Waals surface area contributed by atoms with Crippen molar-refractivity contribution in [3.8, 4) is 11.3 Å². The number of hydrogen-bond acceptors (Lipinski definition) is 5. The van der Waals surface area contributed by atoms with Gasteiger partial charge in [-0.05, 0) is 12.5 Å². The summed E-state index contributed by atoms with van der Waals surface area (Å²) in [6.07, 6.45) is 1.20. The zero-order chi connectivity index (χ0) is 19.5. The maximum atomic E-state index is 12.8. The molecular weight excluding hydrogens is 356 g/mol. The molecule has 6 nitrogen and oxygen atoms in total. The first kappa shape index (κ1) is 18.0. The zero-order valence-corrected chi connectivity index (χ0v) is 15.5. The number of rotatable bonds is 5. The minimum absolute atomic E-state index is 0.273. The Morgan fingerprint density at radius 1 is 1.18 bits per heavy atom. The van der Waals surface area contributed by atoms with Crippen molar-refractivity contribution in [3.05, 3.63) is 77.5 Å². The number of hydrogen-bond donors (Lipinski definition) is 0. The minimum Gasteiger partial charge on any atom is -0.463 e. The van der Waals surface area contributed by atoms with Crippen LogP contribution in [0.25, 0.3) is 11.3 Å². The largest absolute Gasteiger partial charge is 0.463 e. The van der Waals surface area contributed by atoms with Crippen LogP contribution < -0.4 is 0 Å². The number of carbonyl (C=O) groups excluding carboxylic acids is 2. The number of esters is 2. The predicted molar refractivity (Wildman–Crippen MR) is 103 cm³/mol. The van der Waals surface area contributed by atoms with Gasteiger partial charge in [-0.15, -0.1) is 0 Å². The number of aryl methyl sites for hydroxylation is 1. The Morgan fingerprint density at radius 3 is 2.61 bits per heavy atom. The molecule has 1 aromatic heterocycles. The minimum atomic E-state index is -0.851. The van der Waals surface area contributed by atoms with Crippen LogP contribution in [0.3, 0.4) is 0 Å². The first-order valence-corrected chi connectivity index (χ1v) is 9.16. The van der Waals surface area contributed by atoms with Crippen LogP contribution in [-0.2, 0) is 20.8 Å². The summed E-state index contributed by atoms with van der Waals surface area (Å²) in [5, 5.41) is 4.62. The van der Waals surface area contributed by atoms with E-state index in [-0.39, 0.29) is 6.61 Å². The molecule has 142 valence electrons. The summed E-state index contributed by atoms with van der Waals surface area (Å²) in [7, 11) is 0. The molecule has 0 spiro atoms. The molecule has 6 heteroatoms. The van der Waals surface area contributed by atoms with Gasteiger partial charge >= 0.3 is 11.9 Å². The third-order valence-corrected chi connectivity index (χ3v) is 4.63. The predicted octanol–water partition coefficient (Wildman–Crippen LogP) is 3.38. The molecule has 4 rings (SSSR count). The second-order valence-corrected chi connectivity index (χ2v) is 6.79. The molecular formula is C22H20N2O4. The van der Waals surface area contributed by atoms with Gasteiger partial charge in [-0.1, -0.05) is 60.2 Å². The van der Waals surface area contributed by atoms with Crippen molar-refractivity contribution in [2.75, 3.05) is 6.61 Å². The summed E-state index contributed by atoms with van der Waals surface area (Å²) in [5.41, 5.74) is 3.87. The highest BCUT2D eigenvalue weighted by Gasteiger charge is 2.32. The van der Waals surface area contributed by atoms with Crippen LogP contribution in [0.4, 0.5) is 0 Å². The standard InChI is InChI=1S/C22H20N2O4/c1-15-7-9-17(10-8-15)20-18(21(25)28-19-11-12-27-22(19)26)14-24(23-20)13-16-5-3-2-4-6-16/h2-10,14,19H,11-13H2,1H3/t19-/m1/s1. The Hall–Kier alpha value is -3.41. The summed E-state index contributed by atoms with van der Waals surface area (Å²) in [6.45, 7) is 2.80. The van der Waals surface area contributed by atoms with Gasteiger partial charge in [0.25, 0.3) is 0 Å². The van der Waals surface area contributed by atoms with Gasteiger partial charge in [0.05, 0.1) is 13.2 Å². The molecule has 2 heterocycles. The Labute approximate surface area is 162 Å². The highest BCUT2D eigenvalue weighted by molar-refractivity contribution is 5.97. The van der Waals surface area contributed by atoms with Gasteiger partial charge < -0.3 is 9.47 Å². The highest BCUT2D eigenvalue weighted by atomic mass is 16.6. The van der Waals surface area contributed by atoms with Gasteiger partial charge in [0.15, 0.2) is 0 Å². The van der Waals surface area contributed by atoms with E-state index in [1.165, 1.54) is 0 Å². The Morgan fingerprint density at radius 2 is 1.93 bits per heavy atom. The Kier molecular flexibility index (Phi) is 4.93. The fourth-order valence-corrected chi connectivity index (χ4v) is 3.12. The molecule has 1 saturated heterocycles. The summed E-state index contributed by atoms with van der Waals surface area (Å²) in [6, 6.07) is 17.6. The van der Waals surface area contributed by atoms with Crippen LogP contribution in [0.2, 0.25) is 0 Å². The van der Waals surface area contributed by atoms with E-state index in [0.717, 1.165) is 16.7 Å². The molecule has 2 aromatic carbocycles.